The van der Waals surface area contributed by atoms with Crippen molar-refractivity contribution in [2.24, 2.45) is 5.92 Å². The quantitative estimate of drug-likeness (QED) is 0.654. The molecule has 0 unspecified atom stereocenters. The van der Waals surface area contributed by atoms with Crippen molar-refractivity contribution >= 4 is 11.0 Å². The maximum Gasteiger partial charge on any atom is 0.133 e. The fourth-order valence-corrected chi connectivity index (χ4v) is 4.94. The first-order valence-electron chi connectivity index (χ1n) is 10.3. The highest BCUT2D eigenvalue weighted by molar-refractivity contribution is 5.77. The average molecular weight is 377 g/mol. The summed E-state index contributed by atoms with van der Waals surface area (Å²) in [6, 6.07) is 17.9. The van der Waals surface area contributed by atoms with Gasteiger partial charge in [-0.3, -0.25) is 9.80 Å². The molecule has 3 aromatic rings. The van der Waals surface area contributed by atoms with Gasteiger partial charge >= 0.3 is 0 Å². The zero-order valence-corrected chi connectivity index (χ0v) is 16.5. The molecule has 2 bridgehead atoms. The van der Waals surface area contributed by atoms with Crippen LogP contribution in [0.5, 0.6) is 5.75 Å². The van der Waals surface area contributed by atoms with E-state index in [0.29, 0.717) is 6.04 Å². The van der Waals surface area contributed by atoms with Crippen LogP contribution in [0.15, 0.2) is 59.2 Å². The fraction of sp³-hybridized carbons (Fsp3) is 0.417. The van der Waals surface area contributed by atoms with Crippen molar-refractivity contribution in [1.29, 1.82) is 0 Å². The standard InChI is InChI=1S/C24H28N2O2/c1-27-23-7-3-18(4-8-23)13-25-14-20-2-6-22(17-25)26(16-20)15-19-5-9-24-21(12-19)10-11-28-24/h3-5,7-12,20,22H,2,6,13-17H2,1H3/t20-,22+/m0/s1. The third-order valence-electron chi connectivity index (χ3n) is 6.37. The number of ether oxygens (including phenoxy) is 1. The second-order valence-corrected chi connectivity index (χ2v) is 8.36. The maximum atomic E-state index is 5.49. The Morgan fingerprint density at radius 1 is 0.929 bits per heavy atom. The van der Waals surface area contributed by atoms with Crippen molar-refractivity contribution in [3.05, 3.63) is 65.9 Å². The third kappa shape index (κ3) is 3.67. The molecule has 0 N–H and O–H groups in total. The van der Waals surface area contributed by atoms with E-state index in [2.05, 4.69) is 58.3 Å². The average Bonchev–Trinajstić information content (AvgIpc) is 3.02. The minimum atomic E-state index is 0.650. The summed E-state index contributed by atoms with van der Waals surface area (Å²) < 4.78 is 10.8. The van der Waals surface area contributed by atoms with E-state index in [1.165, 1.54) is 42.4 Å². The van der Waals surface area contributed by atoms with Gasteiger partial charge in [0.2, 0.25) is 0 Å². The van der Waals surface area contributed by atoms with Gasteiger partial charge in [-0.15, -0.1) is 0 Å². The molecule has 6 rings (SSSR count). The number of rotatable bonds is 5. The Morgan fingerprint density at radius 2 is 1.79 bits per heavy atom. The SMILES string of the molecule is COc1ccc(CN2C[C@@H]3CC[C@H](C2)N(Cc2ccc4occc4c2)C3)cc1. The lowest BCUT2D eigenvalue weighted by Crippen LogP contribution is -2.43. The summed E-state index contributed by atoms with van der Waals surface area (Å²) in [4.78, 5) is 5.37. The number of furan rings is 1. The number of hydrogen-bond donors (Lipinski definition) is 0. The maximum absolute atomic E-state index is 5.49. The molecule has 0 spiro atoms. The van der Waals surface area contributed by atoms with Gasteiger partial charge in [0.05, 0.1) is 13.4 Å². The Labute approximate surface area is 166 Å². The molecule has 0 radical (unpaired) electrons. The van der Waals surface area contributed by atoms with Gasteiger partial charge in [0.1, 0.15) is 11.3 Å². The van der Waals surface area contributed by atoms with Crippen LogP contribution in [0.3, 0.4) is 0 Å². The van der Waals surface area contributed by atoms with Gasteiger partial charge in [-0.2, -0.15) is 0 Å². The van der Waals surface area contributed by atoms with Crippen LogP contribution in [0.4, 0.5) is 0 Å². The normalized spacial score (nSPS) is 23.2. The lowest BCUT2D eigenvalue weighted by Gasteiger charge is -2.36. The molecule has 146 valence electrons. The van der Waals surface area contributed by atoms with Gasteiger partial charge in [0.15, 0.2) is 0 Å². The number of hydrogen-bond acceptors (Lipinski definition) is 4. The van der Waals surface area contributed by atoms with E-state index in [9.17, 15) is 0 Å². The lowest BCUT2D eigenvalue weighted by atomic mass is 9.94. The van der Waals surface area contributed by atoms with E-state index in [1.807, 2.05) is 0 Å². The van der Waals surface area contributed by atoms with E-state index in [4.69, 9.17) is 9.15 Å². The minimum absolute atomic E-state index is 0.650. The lowest BCUT2D eigenvalue weighted by molar-refractivity contribution is 0.123. The molecule has 0 aliphatic carbocycles. The van der Waals surface area contributed by atoms with Crippen molar-refractivity contribution < 1.29 is 9.15 Å². The topological polar surface area (TPSA) is 28.9 Å². The predicted molar refractivity (Wildman–Crippen MR) is 111 cm³/mol. The molecule has 3 saturated heterocycles. The summed E-state index contributed by atoms with van der Waals surface area (Å²) in [5.74, 6) is 1.70. The molecular weight excluding hydrogens is 348 g/mol. The Kier molecular flexibility index (Phi) is 4.83. The van der Waals surface area contributed by atoms with Crippen LogP contribution in [0.25, 0.3) is 11.0 Å². The summed E-state index contributed by atoms with van der Waals surface area (Å²) in [5, 5.41) is 1.21. The van der Waals surface area contributed by atoms with E-state index < -0.39 is 0 Å². The van der Waals surface area contributed by atoms with Crippen LogP contribution in [-0.4, -0.2) is 42.6 Å². The summed E-state index contributed by atoms with van der Waals surface area (Å²) >= 11 is 0. The van der Waals surface area contributed by atoms with Crippen molar-refractivity contribution in [2.75, 3.05) is 26.7 Å². The van der Waals surface area contributed by atoms with Gasteiger partial charge in [0.25, 0.3) is 0 Å². The monoisotopic (exact) mass is 376 g/mol. The van der Waals surface area contributed by atoms with Crippen molar-refractivity contribution in [3.63, 3.8) is 0 Å². The molecule has 3 fully saturated rings. The highest BCUT2D eigenvalue weighted by Crippen LogP contribution is 2.30. The molecule has 1 aromatic heterocycles. The second-order valence-electron chi connectivity index (χ2n) is 8.36. The number of nitrogens with zero attached hydrogens (tertiary/aromatic N) is 2. The highest BCUT2D eigenvalue weighted by Gasteiger charge is 2.34. The molecule has 0 saturated carbocycles. The highest BCUT2D eigenvalue weighted by atomic mass is 16.5. The van der Waals surface area contributed by atoms with Crippen LogP contribution < -0.4 is 4.74 Å². The van der Waals surface area contributed by atoms with Gasteiger partial charge < -0.3 is 9.15 Å². The van der Waals surface area contributed by atoms with Crippen LogP contribution in [0, 0.1) is 5.92 Å². The summed E-state index contributed by atoms with van der Waals surface area (Å²) in [5.41, 5.74) is 3.74. The van der Waals surface area contributed by atoms with Crippen LogP contribution in [-0.2, 0) is 13.1 Å². The van der Waals surface area contributed by atoms with E-state index in [-0.39, 0.29) is 0 Å². The van der Waals surface area contributed by atoms with Gasteiger partial charge in [0, 0.05) is 44.2 Å². The van der Waals surface area contributed by atoms with E-state index in [0.717, 1.165) is 36.9 Å². The van der Waals surface area contributed by atoms with Crippen LogP contribution >= 0.6 is 0 Å². The number of methoxy groups -OCH3 is 1. The number of piperidine rings is 1. The second kappa shape index (κ2) is 7.61. The third-order valence-corrected chi connectivity index (χ3v) is 6.37. The molecule has 2 aromatic carbocycles. The Balaban J connectivity index is 1.27. The van der Waals surface area contributed by atoms with Crippen molar-refractivity contribution in [2.45, 2.75) is 32.0 Å². The van der Waals surface area contributed by atoms with E-state index >= 15 is 0 Å². The van der Waals surface area contributed by atoms with Crippen molar-refractivity contribution in [3.8, 4) is 5.75 Å². The fourth-order valence-electron chi connectivity index (χ4n) is 4.94. The van der Waals surface area contributed by atoms with Gasteiger partial charge in [-0.05, 0) is 60.2 Å². The van der Waals surface area contributed by atoms with Gasteiger partial charge in [-0.1, -0.05) is 18.2 Å². The first-order chi connectivity index (χ1) is 13.8. The summed E-state index contributed by atoms with van der Waals surface area (Å²) in [6.07, 6.45) is 4.46. The Bertz CT molecular complexity index is 933. The van der Waals surface area contributed by atoms with E-state index in [1.54, 1.807) is 13.4 Å². The molecular formula is C24H28N2O2. The van der Waals surface area contributed by atoms with Gasteiger partial charge in [-0.25, -0.2) is 0 Å². The van der Waals surface area contributed by atoms with Crippen LogP contribution in [0.1, 0.15) is 24.0 Å². The first kappa shape index (κ1) is 17.8. The zero-order chi connectivity index (χ0) is 18.9. The molecule has 2 atom stereocenters. The molecule has 4 nitrogen and oxygen atoms in total. The largest absolute Gasteiger partial charge is 0.497 e. The van der Waals surface area contributed by atoms with Crippen molar-refractivity contribution in [1.82, 2.24) is 9.80 Å². The molecule has 3 aliphatic rings. The molecule has 28 heavy (non-hydrogen) atoms. The summed E-state index contributed by atoms with van der Waals surface area (Å²) in [6.45, 7) is 5.66. The molecule has 0 amide bonds. The Morgan fingerprint density at radius 3 is 2.64 bits per heavy atom. The molecule has 4 heteroatoms. The summed E-state index contributed by atoms with van der Waals surface area (Å²) in [7, 11) is 1.72. The zero-order valence-electron chi connectivity index (χ0n) is 16.5. The number of fused-ring (bicyclic) bond motifs is 5. The molecule has 3 aliphatic heterocycles. The minimum Gasteiger partial charge on any atom is -0.497 e. The molecule has 4 heterocycles. The van der Waals surface area contributed by atoms with Crippen LogP contribution in [0.2, 0.25) is 0 Å². The smallest absolute Gasteiger partial charge is 0.133 e. The Hall–Kier alpha value is -2.30. The predicted octanol–water partition coefficient (Wildman–Crippen LogP) is 4.54. The number of benzene rings is 2. The first-order valence-corrected chi connectivity index (χ1v) is 10.3.